The number of hydrogen-bond acceptors (Lipinski definition) is 5. The Morgan fingerprint density at radius 1 is 1.32 bits per heavy atom. The average Bonchev–Trinajstić information content (AvgIpc) is 2.40. The van der Waals surface area contributed by atoms with Gasteiger partial charge in [0.25, 0.3) is 0 Å². The first kappa shape index (κ1) is 13.1. The Bertz CT molecular complexity index is 564. The highest BCUT2D eigenvalue weighted by molar-refractivity contribution is 5.44. The zero-order valence-electron chi connectivity index (χ0n) is 10.3. The molecule has 98 valence electrons. The van der Waals surface area contributed by atoms with Crippen LogP contribution in [0.5, 0.6) is 0 Å². The number of hydrogen-bond donors (Lipinski definition) is 1. The summed E-state index contributed by atoms with van der Waals surface area (Å²) in [7, 11) is 0. The van der Waals surface area contributed by atoms with Crippen LogP contribution in [0, 0.1) is 17.0 Å². The molecular formula is C13H13N3O3. The van der Waals surface area contributed by atoms with Crippen LogP contribution >= 0.6 is 0 Å². The van der Waals surface area contributed by atoms with Crippen LogP contribution in [0.2, 0.25) is 0 Å². The van der Waals surface area contributed by atoms with E-state index in [1.54, 1.807) is 0 Å². The first-order valence-electron chi connectivity index (χ1n) is 5.73. The van der Waals surface area contributed by atoms with Gasteiger partial charge in [-0.05, 0) is 30.7 Å². The van der Waals surface area contributed by atoms with Gasteiger partial charge < -0.3 is 5.11 Å². The summed E-state index contributed by atoms with van der Waals surface area (Å²) < 4.78 is 0. The van der Waals surface area contributed by atoms with Gasteiger partial charge in [-0.15, -0.1) is 0 Å². The van der Waals surface area contributed by atoms with Gasteiger partial charge in [0.15, 0.2) is 0 Å². The molecule has 0 saturated carbocycles. The van der Waals surface area contributed by atoms with Gasteiger partial charge >= 0.3 is 5.72 Å². The lowest BCUT2D eigenvalue weighted by Crippen LogP contribution is -2.35. The van der Waals surface area contributed by atoms with Crippen molar-refractivity contribution in [2.75, 3.05) is 0 Å². The van der Waals surface area contributed by atoms with Gasteiger partial charge in [-0.1, -0.05) is 18.2 Å². The fourth-order valence-corrected chi connectivity index (χ4v) is 1.60. The molecule has 0 atom stereocenters. The molecule has 6 heteroatoms. The third-order valence-electron chi connectivity index (χ3n) is 2.78. The van der Waals surface area contributed by atoms with E-state index in [1.165, 1.54) is 12.2 Å². The molecule has 1 aliphatic carbocycles. The van der Waals surface area contributed by atoms with Crippen molar-refractivity contribution in [2.45, 2.75) is 18.7 Å². The monoisotopic (exact) mass is 259 g/mol. The number of azo groups is 1. The van der Waals surface area contributed by atoms with E-state index in [-0.39, 0.29) is 0 Å². The van der Waals surface area contributed by atoms with Crippen molar-refractivity contribution < 1.29 is 10.0 Å². The molecule has 6 nitrogen and oxygen atoms in total. The van der Waals surface area contributed by atoms with E-state index in [2.05, 4.69) is 10.2 Å². The molecule has 19 heavy (non-hydrogen) atoms. The minimum Gasteiger partial charge on any atom is -0.324 e. The molecule has 1 aromatic rings. The fourth-order valence-electron chi connectivity index (χ4n) is 1.60. The standard InChI is InChI=1S/C13H13N3O3/c1-10-4-2-3-5-12(10)15-14-11-6-8-13(17,9-7-11)16(18)19/h2-9,11,17H,1H3. The Kier molecular flexibility index (Phi) is 3.52. The largest absolute Gasteiger partial charge is 0.362 e. The van der Waals surface area contributed by atoms with Crippen molar-refractivity contribution in [3.8, 4) is 0 Å². The predicted octanol–water partition coefficient (Wildman–Crippen LogP) is 2.54. The number of nitro groups is 1. The second-order valence-electron chi connectivity index (χ2n) is 4.25. The molecular weight excluding hydrogens is 246 g/mol. The van der Waals surface area contributed by atoms with Crippen molar-refractivity contribution in [3.63, 3.8) is 0 Å². The topological polar surface area (TPSA) is 88.1 Å². The van der Waals surface area contributed by atoms with Gasteiger partial charge in [0, 0.05) is 12.2 Å². The van der Waals surface area contributed by atoms with Crippen molar-refractivity contribution in [1.82, 2.24) is 0 Å². The Hall–Kier alpha value is -2.34. The summed E-state index contributed by atoms with van der Waals surface area (Å²) in [6.07, 6.45) is 5.11. The van der Waals surface area contributed by atoms with E-state index >= 15 is 0 Å². The normalized spacial score (nSPS) is 25.9. The van der Waals surface area contributed by atoms with Crippen molar-refractivity contribution in [1.29, 1.82) is 0 Å². The zero-order chi connectivity index (χ0) is 13.9. The minimum atomic E-state index is -2.13. The van der Waals surface area contributed by atoms with Gasteiger partial charge in [-0.25, -0.2) is 0 Å². The number of nitrogens with zero attached hydrogens (tertiary/aromatic N) is 3. The zero-order valence-corrected chi connectivity index (χ0v) is 10.3. The van der Waals surface area contributed by atoms with Crippen LogP contribution in [0.15, 0.2) is 58.8 Å². The summed E-state index contributed by atoms with van der Waals surface area (Å²) in [5.41, 5.74) is -0.384. The molecule has 0 aromatic heterocycles. The second-order valence-corrected chi connectivity index (χ2v) is 4.25. The molecule has 1 N–H and O–H groups in total. The molecule has 2 rings (SSSR count). The third kappa shape index (κ3) is 2.92. The van der Waals surface area contributed by atoms with Crippen LogP contribution in [0.3, 0.4) is 0 Å². The second kappa shape index (κ2) is 5.11. The van der Waals surface area contributed by atoms with E-state index < -0.39 is 16.7 Å². The maximum absolute atomic E-state index is 10.6. The molecule has 0 saturated heterocycles. The summed E-state index contributed by atoms with van der Waals surface area (Å²) in [4.78, 5) is 9.84. The van der Waals surface area contributed by atoms with E-state index in [0.717, 1.165) is 23.4 Å². The minimum absolute atomic E-state index is 0.403. The maximum atomic E-state index is 10.6. The molecule has 0 aliphatic heterocycles. The summed E-state index contributed by atoms with van der Waals surface area (Å²) in [6, 6.07) is 7.13. The molecule has 1 aromatic carbocycles. The number of aliphatic hydroxyl groups is 1. The van der Waals surface area contributed by atoms with E-state index in [1.807, 2.05) is 31.2 Å². The van der Waals surface area contributed by atoms with Gasteiger partial charge in [0.1, 0.15) is 6.04 Å². The summed E-state index contributed by atoms with van der Waals surface area (Å²) in [5, 5.41) is 28.3. The Morgan fingerprint density at radius 2 is 1.95 bits per heavy atom. The van der Waals surface area contributed by atoms with Gasteiger partial charge in [-0.2, -0.15) is 10.2 Å². The lowest BCUT2D eigenvalue weighted by molar-refractivity contribution is -0.591. The molecule has 0 radical (unpaired) electrons. The lowest BCUT2D eigenvalue weighted by Gasteiger charge is -2.15. The third-order valence-corrected chi connectivity index (χ3v) is 2.78. The molecule has 0 spiro atoms. The first-order chi connectivity index (χ1) is 9.01. The number of rotatable bonds is 3. The lowest BCUT2D eigenvalue weighted by atomic mass is 10.1. The highest BCUT2D eigenvalue weighted by Crippen LogP contribution is 2.21. The Balaban J connectivity index is 2.10. The van der Waals surface area contributed by atoms with Gasteiger partial charge in [0.2, 0.25) is 0 Å². The molecule has 0 amide bonds. The molecule has 0 unspecified atom stereocenters. The Labute approximate surface area is 109 Å². The quantitative estimate of drug-likeness (QED) is 0.297. The number of benzene rings is 1. The summed E-state index contributed by atoms with van der Waals surface area (Å²) in [5.74, 6) is 0. The molecule has 1 aliphatic rings. The number of aryl methyl sites for hydroxylation is 1. The highest BCUT2D eigenvalue weighted by atomic mass is 16.7. The molecule has 0 bridgehead atoms. The Morgan fingerprint density at radius 3 is 2.53 bits per heavy atom. The van der Waals surface area contributed by atoms with E-state index in [4.69, 9.17) is 0 Å². The van der Waals surface area contributed by atoms with Crippen molar-refractivity contribution >= 4 is 5.69 Å². The smallest absolute Gasteiger partial charge is 0.324 e. The van der Waals surface area contributed by atoms with Crippen LogP contribution in [0.25, 0.3) is 0 Å². The van der Waals surface area contributed by atoms with Crippen LogP contribution in [0.4, 0.5) is 5.69 Å². The average molecular weight is 259 g/mol. The summed E-state index contributed by atoms with van der Waals surface area (Å²) in [6.45, 7) is 1.92. The SMILES string of the molecule is Cc1ccccc1N=NC1C=CC(O)([N+](=O)[O-])C=C1. The van der Waals surface area contributed by atoms with Crippen molar-refractivity contribution in [3.05, 3.63) is 64.2 Å². The fraction of sp³-hybridized carbons (Fsp3) is 0.231. The van der Waals surface area contributed by atoms with Crippen LogP contribution in [-0.4, -0.2) is 21.8 Å². The van der Waals surface area contributed by atoms with E-state index in [9.17, 15) is 15.2 Å². The molecule has 0 heterocycles. The maximum Gasteiger partial charge on any atom is 0.362 e. The van der Waals surface area contributed by atoms with Gasteiger partial charge in [-0.3, -0.25) is 10.1 Å². The first-order valence-corrected chi connectivity index (χ1v) is 5.73. The molecule has 0 fully saturated rings. The van der Waals surface area contributed by atoms with Crippen LogP contribution in [-0.2, 0) is 0 Å². The van der Waals surface area contributed by atoms with Crippen molar-refractivity contribution in [2.24, 2.45) is 10.2 Å². The van der Waals surface area contributed by atoms with Crippen LogP contribution < -0.4 is 0 Å². The summed E-state index contributed by atoms with van der Waals surface area (Å²) >= 11 is 0. The van der Waals surface area contributed by atoms with Gasteiger partial charge in [0.05, 0.1) is 10.6 Å². The highest BCUT2D eigenvalue weighted by Gasteiger charge is 2.36. The van der Waals surface area contributed by atoms with Crippen LogP contribution in [0.1, 0.15) is 5.56 Å². The van der Waals surface area contributed by atoms with E-state index in [0.29, 0.717) is 0 Å². The predicted molar refractivity (Wildman–Crippen MR) is 69.7 cm³/mol.